The Balaban J connectivity index is 1.50. The third-order valence-electron chi connectivity index (χ3n) is 4.07. The fraction of sp³-hybridized carbons (Fsp3) is 0.217. The lowest BCUT2D eigenvalue weighted by molar-refractivity contribution is 0.102. The van der Waals surface area contributed by atoms with E-state index in [1.807, 2.05) is 62.4 Å². The van der Waals surface area contributed by atoms with Crippen molar-refractivity contribution in [2.45, 2.75) is 26.4 Å². The van der Waals surface area contributed by atoms with Gasteiger partial charge in [-0.25, -0.2) is 4.98 Å². The third kappa shape index (κ3) is 5.84. The van der Waals surface area contributed by atoms with E-state index in [0.29, 0.717) is 11.4 Å². The zero-order valence-electron chi connectivity index (χ0n) is 16.2. The lowest BCUT2D eigenvalue weighted by Crippen LogP contribution is -2.14. The summed E-state index contributed by atoms with van der Waals surface area (Å²) in [5.41, 5.74) is 3.25. The number of anilines is 2. The predicted molar refractivity (Wildman–Crippen MR) is 113 cm³/mol. The Kier molecular flexibility index (Phi) is 6.63. The average Bonchev–Trinajstić information content (AvgIpc) is 2.70. The van der Waals surface area contributed by atoms with E-state index in [2.05, 4.69) is 27.8 Å². The fourth-order valence-corrected chi connectivity index (χ4v) is 2.71. The lowest BCUT2D eigenvalue weighted by Gasteiger charge is -2.11. The van der Waals surface area contributed by atoms with Crippen molar-refractivity contribution in [2.24, 2.45) is 0 Å². The Hall–Kier alpha value is -3.34. The SMILES string of the molecule is CC(C)Oc1ccc(NC(=O)c2ccc(NCCc3ccccc3)cn2)cc1. The third-order valence-corrected chi connectivity index (χ3v) is 4.07. The van der Waals surface area contributed by atoms with Crippen LogP contribution in [0.1, 0.15) is 29.9 Å². The van der Waals surface area contributed by atoms with Gasteiger partial charge >= 0.3 is 0 Å². The number of carbonyl (C=O) groups excluding carboxylic acids is 1. The van der Waals surface area contributed by atoms with E-state index >= 15 is 0 Å². The molecule has 1 heterocycles. The van der Waals surface area contributed by atoms with Crippen molar-refractivity contribution in [1.82, 2.24) is 4.98 Å². The molecule has 1 amide bonds. The quantitative estimate of drug-likeness (QED) is 0.595. The molecule has 0 aliphatic heterocycles. The highest BCUT2D eigenvalue weighted by Crippen LogP contribution is 2.17. The van der Waals surface area contributed by atoms with Gasteiger partial charge in [0.25, 0.3) is 5.91 Å². The highest BCUT2D eigenvalue weighted by Gasteiger charge is 2.08. The summed E-state index contributed by atoms with van der Waals surface area (Å²) >= 11 is 0. The number of carbonyl (C=O) groups is 1. The van der Waals surface area contributed by atoms with E-state index in [4.69, 9.17) is 4.74 Å². The monoisotopic (exact) mass is 375 g/mol. The number of rotatable bonds is 8. The van der Waals surface area contributed by atoms with Crippen LogP contribution in [0.25, 0.3) is 0 Å². The van der Waals surface area contributed by atoms with Crippen LogP contribution in [-0.4, -0.2) is 23.5 Å². The Labute approximate surface area is 165 Å². The minimum absolute atomic E-state index is 0.115. The molecule has 0 atom stereocenters. The molecule has 5 nitrogen and oxygen atoms in total. The Morgan fingerprint density at radius 1 is 0.964 bits per heavy atom. The molecule has 0 spiro atoms. The second-order valence-electron chi connectivity index (χ2n) is 6.74. The summed E-state index contributed by atoms with van der Waals surface area (Å²) < 4.78 is 5.60. The number of hydrogen-bond acceptors (Lipinski definition) is 4. The number of aromatic nitrogens is 1. The van der Waals surface area contributed by atoms with Gasteiger partial charge in [-0.1, -0.05) is 30.3 Å². The molecule has 1 aromatic heterocycles. The molecule has 0 saturated carbocycles. The average molecular weight is 375 g/mol. The highest BCUT2D eigenvalue weighted by molar-refractivity contribution is 6.02. The van der Waals surface area contributed by atoms with Crippen molar-refractivity contribution in [3.8, 4) is 5.75 Å². The number of amides is 1. The first-order valence-corrected chi connectivity index (χ1v) is 9.42. The molecule has 0 bridgehead atoms. The molecule has 3 aromatic rings. The fourth-order valence-electron chi connectivity index (χ4n) is 2.71. The Morgan fingerprint density at radius 3 is 2.32 bits per heavy atom. The van der Waals surface area contributed by atoms with Gasteiger partial charge in [0.15, 0.2) is 0 Å². The van der Waals surface area contributed by atoms with Crippen LogP contribution in [0.2, 0.25) is 0 Å². The summed E-state index contributed by atoms with van der Waals surface area (Å²) in [5, 5.41) is 6.17. The minimum atomic E-state index is -0.242. The maximum atomic E-state index is 12.4. The normalized spacial score (nSPS) is 10.5. The molecule has 5 heteroatoms. The number of ether oxygens (including phenoxy) is 1. The number of benzene rings is 2. The van der Waals surface area contributed by atoms with Gasteiger partial charge in [-0.3, -0.25) is 4.79 Å². The number of pyridine rings is 1. The van der Waals surface area contributed by atoms with Gasteiger partial charge in [0.05, 0.1) is 18.0 Å². The lowest BCUT2D eigenvalue weighted by atomic mass is 10.1. The van der Waals surface area contributed by atoms with Gasteiger partial charge in [0.2, 0.25) is 0 Å². The molecule has 0 saturated heterocycles. The maximum Gasteiger partial charge on any atom is 0.274 e. The molecular formula is C23H25N3O2. The van der Waals surface area contributed by atoms with Crippen molar-refractivity contribution in [1.29, 1.82) is 0 Å². The van der Waals surface area contributed by atoms with Crippen molar-refractivity contribution < 1.29 is 9.53 Å². The highest BCUT2D eigenvalue weighted by atomic mass is 16.5. The summed E-state index contributed by atoms with van der Waals surface area (Å²) in [6.07, 6.45) is 2.73. The molecule has 2 N–H and O–H groups in total. The Bertz CT molecular complexity index is 876. The van der Waals surface area contributed by atoms with Gasteiger partial charge in [-0.2, -0.15) is 0 Å². The van der Waals surface area contributed by atoms with Crippen molar-refractivity contribution in [2.75, 3.05) is 17.2 Å². The van der Waals surface area contributed by atoms with Gasteiger partial charge < -0.3 is 15.4 Å². The second-order valence-corrected chi connectivity index (χ2v) is 6.74. The first-order valence-electron chi connectivity index (χ1n) is 9.42. The van der Waals surface area contributed by atoms with E-state index in [1.165, 1.54) is 5.56 Å². The standard InChI is InChI=1S/C23H25N3O2/c1-17(2)28-21-11-8-19(9-12-21)26-23(27)22-13-10-20(16-25-22)24-15-14-18-6-4-3-5-7-18/h3-13,16-17,24H,14-15H2,1-2H3,(H,26,27). The van der Waals surface area contributed by atoms with Gasteiger partial charge in [-0.15, -0.1) is 0 Å². The molecule has 0 fully saturated rings. The van der Waals surface area contributed by atoms with Gasteiger partial charge in [0.1, 0.15) is 11.4 Å². The van der Waals surface area contributed by atoms with E-state index < -0.39 is 0 Å². The molecule has 2 aromatic carbocycles. The summed E-state index contributed by atoms with van der Waals surface area (Å²) in [4.78, 5) is 16.6. The van der Waals surface area contributed by atoms with Crippen LogP contribution in [0.3, 0.4) is 0 Å². The second kappa shape index (κ2) is 9.55. The van der Waals surface area contributed by atoms with Crippen LogP contribution in [0.15, 0.2) is 72.9 Å². The zero-order valence-corrected chi connectivity index (χ0v) is 16.2. The molecule has 144 valence electrons. The summed E-state index contributed by atoms with van der Waals surface area (Å²) in [5.74, 6) is 0.533. The first kappa shape index (κ1) is 19.4. The zero-order chi connectivity index (χ0) is 19.8. The van der Waals surface area contributed by atoms with E-state index in [9.17, 15) is 4.79 Å². The molecule has 0 aliphatic carbocycles. The number of nitrogens with one attached hydrogen (secondary N) is 2. The molecule has 3 rings (SSSR count). The molecule has 28 heavy (non-hydrogen) atoms. The molecule has 0 unspecified atom stereocenters. The van der Waals surface area contributed by atoms with E-state index in [0.717, 1.165) is 24.4 Å². The van der Waals surface area contributed by atoms with E-state index in [-0.39, 0.29) is 12.0 Å². The first-order chi connectivity index (χ1) is 13.6. The minimum Gasteiger partial charge on any atom is -0.491 e. The van der Waals surface area contributed by atoms with Gasteiger partial charge in [-0.05, 0) is 62.2 Å². The van der Waals surface area contributed by atoms with Crippen LogP contribution in [0.5, 0.6) is 5.75 Å². The smallest absolute Gasteiger partial charge is 0.274 e. The summed E-state index contributed by atoms with van der Waals surface area (Å²) in [7, 11) is 0. The van der Waals surface area contributed by atoms with Crippen LogP contribution >= 0.6 is 0 Å². The predicted octanol–water partition coefficient (Wildman–Crippen LogP) is 4.78. The van der Waals surface area contributed by atoms with Crippen molar-refractivity contribution >= 4 is 17.3 Å². The largest absolute Gasteiger partial charge is 0.491 e. The topological polar surface area (TPSA) is 63.2 Å². The number of nitrogens with zero attached hydrogens (tertiary/aromatic N) is 1. The number of hydrogen-bond donors (Lipinski definition) is 2. The van der Waals surface area contributed by atoms with Crippen LogP contribution in [0.4, 0.5) is 11.4 Å². The Morgan fingerprint density at radius 2 is 1.68 bits per heavy atom. The maximum absolute atomic E-state index is 12.4. The van der Waals surface area contributed by atoms with Gasteiger partial charge in [0, 0.05) is 12.2 Å². The molecular weight excluding hydrogens is 350 g/mol. The molecule has 0 radical (unpaired) electrons. The van der Waals surface area contributed by atoms with Crippen LogP contribution in [0, 0.1) is 0 Å². The van der Waals surface area contributed by atoms with Crippen LogP contribution in [-0.2, 0) is 6.42 Å². The van der Waals surface area contributed by atoms with Crippen LogP contribution < -0.4 is 15.4 Å². The summed E-state index contributed by atoms with van der Waals surface area (Å²) in [6.45, 7) is 4.76. The van der Waals surface area contributed by atoms with Crippen molar-refractivity contribution in [3.05, 3.63) is 84.2 Å². The summed E-state index contributed by atoms with van der Waals surface area (Å²) in [6, 6.07) is 21.2. The van der Waals surface area contributed by atoms with Crippen molar-refractivity contribution in [3.63, 3.8) is 0 Å². The van der Waals surface area contributed by atoms with E-state index in [1.54, 1.807) is 12.3 Å². The molecule has 0 aliphatic rings.